The predicted molar refractivity (Wildman–Crippen MR) is 172 cm³/mol. The molecule has 0 aliphatic carbocycles. The van der Waals surface area contributed by atoms with Gasteiger partial charge in [-0.05, 0) is 54.3 Å². The lowest BCUT2D eigenvalue weighted by atomic mass is 9.64. The molecule has 4 aromatic rings. The fourth-order valence-electron chi connectivity index (χ4n) is 7.64. The molecule has 0 saturated carbocycles. The molecule has 4 aromatic carbocycles. The molecular weight excluding hydrogens is 548 g/mol. The first kappa shape index (κ1) is 27.8. The molecule has 0 aromatic heterocycles. The molecule has 220 valence electrons. The zero-order chi connectivity index (χ0) is 30.6. The smallest absolute Gasteiger partial charge is 0.238 e. The Morgan fingerprint density at radius 2 is 1.64 bits per heavy atom. The highest BCUT2D eigenvalue weighted by molar-refractivity contribution is 6.18. The van der Waals surface area contributed by atoms with Gasteiger partial charge in [0.25, 0.3) is 0 Å². The number of nitrogens with one attached hydrogen (secondary N) is 1. The molecular formula is C38H34N2O4. The Morgan fingerprint density at radius 3 is 2.41 bits per heavy atom. The van der Waals surface area contributed by atoms with E-state index < -0.39 is 23.4 Å². The molecule has 6 heteroatoms. The standard InChI is InChI=1S/C38H34N2O4/c1-4-10-24-17-19-25(20-18-24)35(41)33-34(36(42)26-11-9-12-27(22-26)44-3)40-31-16-8-5-13-28(31)23(2)21-32(40)38(33)29-14-6-7-15-30(29)39-37(38)43/h5-9,11-22,32-34H,4,10H2,1-3H3,(H,39,43)/t32-,33+,34+,38+/m1/s1. The summed E-state index contributed by atoms with van der Waals surface area (Å²) in [6, 6.07) is 28.7. The van der Waals surface area contributed by atoms with Crippen LogP contribution in [-0.2, 0) is 16.6 Å². The number of ketones is 2. The highest BCUT2D eigenvalue weighted by atomic mass is 16.5. The topological polar surface area (TPSA) is 75.7 Å². The van der Waals surface area contributed by atoms with Crippen molar-refractivity contribution in [2.45, 2.75) is 44.2 Å². The quantitative estimate of drug-likeness (QED) is 0.240. The Labute approximate surface area is 257 Å². The van der Waals surface area contributed by atoms with Gasteiger partial charge in [0, 0.05) is 28.1 Å². The van der Waals surface area contributed by atoms with Crippen molar-refractivity contribution in [2.24, 2.45) is 5.92 Å². The lowest BCUT2D eigenvalue weighted by Gasteiger charge is -2.39. The number of amides is 1. The number of anilines is 2. The molecule has 6 nitrogen and oxygen atoms in total. The number of methoxy groups -OCH3 is 1. The molecule has 0 bridgehead atoms. The molecule has 3 aliphatic rings. The van der Waals surface area contributed by atoms with Crippen LogP contribution in [0.3, 0.4) is 0 Å². The van der Waals surface area contributed by atoms with Crippen LogP contribution in [0.15, 0.2) is 103 Å². The number of hydrogen-bond acceptors (Lipinski definition) is 5. The molecule has 0 unspecified atom stereocenters. The summed E-state index contributed by atoms with van der Waals surface area (Å²) < 4.78 is 5.47. The number of para-hydroxylation sites is 2. The third-order valence-corrected chi connectivity index (χ3v) is 9.57. The van der Waals surface area contributed by atoms with Gasteiger partial charge in [-0.25, -0.2) is 0 Å². The average Bonchev–Trinajstić information content (AvgIpc) is 3.53. The minimum absolute atomic E-state index is 0.223. The molecule has 1 saturated heterocycles. The summed E-state index contributed by atoms with van der Waals surface area (Å²) in [4.78, 5) is 46.5. The zero-order valence-electron chi connectivity index (χ0n) is 25.0. The van der Waals surface area contributed by atoms with Crippen molar-refractivity contribution in [3.63, 3.8) is 0 Å². The molecule has 4 atom stereocenters. The molecule has 44 heavy (non-hydrogen) atoms. The molecule has 3 heterocycles. The largest absolute Gasteiger partial charge is 0.497 e. The van der Waals surface area contributed by atoms with Crippen LogP contribution in [0, 0.1) is 5.92 Å². The van der Waals surface area contributed by atoms with Crippen molar-refractivity contribution in [3.05, 3.63) is 131 Å². The van der Waals surface area contributed by atoms with E-state index in [0.29, 0.717) is 22.6 Å². The van der Waals surface area contributed by atoms with E-state index in [-0.39, 0.29) is 17.5 Å². The van der Waals surface area contributed by atoms with E-state index in [2.05, 4.69) is 18.3 Å². The fraction of sp³-hybridized carbons (Fsp3) is 0.237. The Hall–Kier alpha value is -4.97. The number of Topliss-reactive ketones (excluding diaryl/α,β-unsaturated/α-hetero) is 2. The van der Waals surface area contributed by atoms with Crippen LogP contribution in [0.25, 0.3) is 5.57 Å². The third-order valence-electron chi connectivity index (χ3n) is 9.57. The van der Waals surface area contributed by atoms with Gasteiger partial charge in [0.1, 0.15) is 17.2 Å². The number of carbonyl (C=O) groups is 3. The SMILES string of the molecule is CCCc1ccc(C(=O)[C@@H]2[C@@H](C(=O)c3cccc(OC)c3)N3c4ccccc4C(C)=C[C@@H]3[C@]23C(=O)Nc2ccccc23)cc1. The number of allylic oxidation sites excluding steroid dienone is 1. The second-order valence-electron chi connectivity index (χ2n) is 11.9. The summed E-state index contributed by atoms with van der Waals surface area (Å²) >= 11 is 0. The maximum absolute atomic E-state index is 15.0. The van der Waals surface area contributed by atoms with E-state index in [9.17, 15) is 9.59 Å². The van der Waals surface area contributed by atoms with Crippen LogP contribution in [-0.4, -0.2) is 36.7 Å². The maximum atomic E-state index is 15.0. The average molecular weight is 583 g/mol. The van der Waals surface area contributed by atoms with Crippen LogP contribution in [0.5, 0.6) is 5.75 Å². The van der Waals surface area contributed by atoms with Gasteiger partial charge in [0.05, 0.1) is 19.1 Å². The van der Waals surface area contributed by atoms with Crippen molar-refractivity contribution in [2.75, 3.05) is 17.3 Å². The first-order valence-electron chi connectivity index (χ1n) is 15.2. The molecule has 1 fully saturated rings. The minimum Gasteiger partial charge on any atom is -0.497 e. The molecule has 0 radical (unpaired) electrons. The predicted octanol–water partition coefficient (Wildman–Crippen LogP) is 6.89. The highest BCUT2D eigenvalue weighted by Gasteiger charge is 2.70. The Bertz CT molecular complexity index is 1840. The normalized spacial score (nSPS) is 23.0. The van der Waals surface area contributed by atoms with Gasteiger partial charge in [-0.1, -0.05) is 92.2 Å². The van der Waals surface area contributed by atoms with Crippen LogP contribution in [0.1, 0.15) is 57.7 Å². The first-order chi connectivity index (χ1) is 21.4. The Morgan fingerprint density at radius 1 is 0.886 bits per heavy atom. The van der Waals surface area contributed by atoms with E-state index in [4.69, 9.17) is 4.74 Å². The van der Waals surface area contributed by atoms with E-state index in [1.807, 2.05) is 84.6 Å². The zero-order valence-corrected chi connectivity index (χ0v) is 25.0. The van der Waals surface area contributed by atoms with Crippen LogP contribution in [0.4, 0.5) is 11.4 Å². The van der Waals surface area contributed by atoms with Gasteiger partial charge >= 0.3 is 0 Å². The van der Waals surface area contributed by atoms with Gasteiger partial charge in [-0.2, -0.15) is 0 Å². The van der Waals surface area contributed by atoms with E-state index in [1.165, 1.54) is 0 Å². The molecule has 3 aliphatic heterocycles. The van der Waals surface area contributed by atoms with Gasteiger partial charge < -0.3 is 15.0 Å². The monoisotopic (exact) mass is 582 g/mol. The number of carbonyl (C=O) groups excluding carboxylic acids is 3. The van der Waals surface area contributed by atoms with Crippen LogP contribution < -0.4 is 15.0 Å². The first-order valence-corrected chi connectivity index (χ1v) is 15.2. The summed E-state index contributed by atoms with van der Waals surface area (Å²) in [6.45, 7) is 4.15. The van der Waals surface area contributed by atoms with Crippen molar-refractivity contribution >= 4 is 34.4 Å². The van der Waals surface area contributed by atoms with Gasteiger partial charge in [-0.3, -0.25) is 14.4 Å². The Balaban J connectivity index is 1.51. The summed E-state index contributed by atoms with van der Waals surface area (Å²) in [7, 11) is 1.56. The maximum Gasteiger partial charge on any atom is 0.238 e. The highest BCUT2D eigenvalue weighted by Crippen LogP contribution is 2.58. The second-order valence-corrected chi connectivity index (χ2v) is 11.9. The number of rotatable bonds is 7. The molecule has 1 spiro atoms. The number of benzene rings is 4. The minimum atomic E-state index is -1.34. The number of aryl methyl sites for hydroxylation is 1. The van der Waals surface area contributed by atoms with Gasteiger partial charge in [0.15, 0.2) is 11.6 Å². The van der Waals surface area contributed by atoms with Crippen molar-refractivity contribution in [3.8, 4) is 5.75 Å². The summed E-state index contributed by atoms with van der Waals surface area (Å²) in [5, 5.41) is 3.10. The summed E-state index contributed by atoms with van der Waals surface area (Å²) in [5.41, 5.74) is 4.95. The second kappa shape index (κ2) is 10.6. The number of hydrogen-bond donors (Lipinski definition) is 1. The molecule has 1 amide bonds. The number of ether oxygens (including phenoxy) is 1. The molecule has 7 rings (SSSR count). The number of nitrogens with zero attached hydrogens (tertiary/aromatic N) is 1. The Kier molecular flexibility index (Phi) is 6.73. The lowest BCUT2D eigenvalue weighted by Crippen LogP contribution is -2.51. The fourth-order valence-corrected chi connectivity index (χ4v) is 7.64. The van der Waals surface area contributed by atoms with E-state index in [1.54, 1.807) is 31.4 Å². The van der Waals surface area contributed by atoms with Crippen molar-refractivity contribution in [1.29, 1.82) is 0 Å². The van der Waals surface area contributed by atoms with Gasteiger partial charge in [0.2, 0.25) is 5.91 Å². The van der Waals surface area contributed by atoms with Crippen molar-refractivity contribution < 1.29 is 19.1 Å². The van der Waals surface area contributed by atoms with Gasteiger partial charge in [-0.15, -0.1) is 0 Å². The number of fused-ring (bicyclic) bond motifs is 6. The van der Waals surface area contributed by atoms with E-state index in [0.717, 1.165) is 40.8 Å². The molecule has 1 N–H and O–H groups in total. The van der Waals surface area contributed by atoms with Crippen LogP contribution >= 0.6 is 0 Å². The van der Waals surface area contributed by atoms with Crippen LogP contribution in [0.2, 0.25) is 0 Å². The summed E-state index contributed by atoms with van der Waals surface area (Å²) in [6.07, 6.45) is 3.98. The van der Waals surface area contributed by atoms with Crippen molar-refractivity contribution in [1.82, 2.24) is 0 Å². The van der Waals surface area contributed by atoms with E-state index >= 15 is 4.79 Å². The third kappa shape index (κ3) is 3.97. The summed E-state index contributed by atoms with van der Waals surface area (Å²) in [5.74, 6) is -1.18. The lowest BCUT2D eigenvalue weighted by molar-refractivity contribution is -0.121.